The minimum absolute atomic E-state index is 0.391. The second kappa shape index (κ2) is 6.44. The first kappa shape index (κ1) is 15.1. The van der Waals surface area contributed by atoms with Crippen molar-refractivity contribution in [2.45, 2.75) is 32.5 Å². The Morgan fingerprint density at radius 3 is 1.95 bits per heavy atom. The van der Waals surface area contributed by atoms with Gasteiger partial charge in [-0.3, -0.25) is 0 Å². The molecule has 2 aromatic carbocycles. The van der Waals surface area contributed by atoms with Gasteiger partial charge < -0.3 is 9.47 Å². The number of para-hydroxylation sites is 1. The molecule has 0 spiro atoms. The highest BCUT2D eigenvalue weighted by molar-refractivity contribution is 5.77. The van der Waals surface area contributed by atoms with E-state index in [1.807, 2.05) is 81.4 Å². The van der Waals surface area contributed by atoms with E-state index in [1.54, 1.807) is 0 Å². The van der Waals surface area contributed by atoms with Crippen LogP contribution in [0.2, 0.25) is 0 Å². The van der Waals surface area contributed by atoms with E-state index in [-0.39, 0.29) is 0 Å². The summed E-state index contributed by atoms with van der Waals surface area (Å²) in [5.74, 6) is 0.245. The normalized spacial score (nSPS) is 12.5. The summed E-state index contributed by atoms with van der Waals surface area (Å²) in [5, 5.41) is 0. The quantitative estimate of drug-likeness (QED) is 0.791. The van der Waals surface area contributed by atoms with Gasteiger partial charge in [0.1, 0.15) is 11.4 Å². The van der Waals surface area contributed by atoms with E-state index in [9.17, 15) is 4.79 Å². The topological polar surface area (TPSA) is 35.5 Å². The summed E-state index contributed by atoms with van der Waals surface area (Å²) >= 11 is 0. The predicted molar refractivity (Wildman–Crippen MR) is 82.1 cm³/mol. The molecule has 0 bridgehead atoms. The van der Waals surface area contributed by atoms with Crippen LogP contribution in [-0.2, 0) is 9.53 Å². The summed E-state index contributed by atoms with van der Waals surface area (Å²) in [6.07, 6.45) is -0.771. The smallest absolute Gasteiger partial charge is 0.352 e. The van der Waals surface area contributed by atoms with Crippen molar-refractivity contribution in [2.75, 3.05) is 0 Å². The van der Waals surface area contributed by atoms with Crippen molar-refractivity contribution in [2.24, 2.45) is 0 Å². The van der Waals surface area contributed by atoms with Crippen LogP contribution >= 0.6 is 0 Å². The molecule has 110 valence electrons. The minimum Gasteiger partial charge on any atom is -0.474 e. The van der Waals surface area contributed by atoms with Gasteiger partial charge in [0.25, 0.3) is 0 Å². The first-order chi connectivity index (χ1) is 9.96. The van der Waals surface area contributed by atoms with Gasteiger partial charge in [-0.1, -0.05) is 48.5 Å². The van der Waals surface area contributed by atoms with Crippen LogP contribution in [0.4, 0.5) is 0 Å². The molecule has 2 aromatic rings. The molecule has 21 heavy (non-hydrogen) atoms. The second-order valence-electron chi connectivity index (χ2n) is 5.76. The van der Waals surface area contributed by atoms with Gasteiger partial charge in [0.05, 0.1) is 0 Å². The molecule has 0 saturated heterocycles. The standard InChI is InChI=1S/C18H20O3/c1-18(2,3)21-17(19)16(14-10-6-4-7-11-14)20-15-12-8-5-9-13-15/h4-13,16H,1-3H3. The molecule has 0 saturated carbocycles. The Hall–Kier alpha value is -2.29. The summed E-state index contributed by atoms with van der Waals surface area (Å²) in [5.41, 5.74) is 0.222. The summed E-state index contributed by atoms with van der Waals surface area (Å²) in [4.78, 5) is 12.4. The van der Waals surface area contributed by atoms with Crippen LogP contribution in [0.15, 0.2) is 60.7 Å². The largest absolute Gasteiger partial charge is 0.474 e. The van der Waals surface area contributed by atoms with E-state index in [2.05, 4.69) is 0 Å². The molecule has 1 unspecified atom stereocenters. The third-order valence-corrected chi connectivity index (χ3v) is 2.72. The summed E-state index contributed by atoms with van der Waals surface area (Å²) < 4.78 is 11.3. The number of benzene rings is 2. The molecule has 0 heterocycles. The number of carbonyl (C=O) groups is 1. The van der Waals surface area contributed by atoms with Gasteiger partial charge in [0, 0.05) is 5.56 Å². The Morgan fingerprint density at radius 1 is 0.905 bits per heavy atom. The van der Waals surface area contributed by atoms with Crippen molar-refractivity contribution in [1.82, 2.24) is 0 Å². The number of rotatable bonds is 4. The lowest BCUT2D eigenvalue weighted by Crippen LogP contribution is -2.30. The fourth-order valence-corrected chi connectivity index (χ4v) is 1.87. The Labute approximate surface area is 125 Å². The van der Waals surface area contributed by atoms with E-state index in [0.29, 0.717) is 5.75 Å². The van der Waals surface area contributed by atoms with Crippen molar-refractivity contribution in [1.29, 1.82) is 0 Å². The Balaban J connectivity index is 2.25. The van der Waals surface area contributed by atoms with Crippen LogP contribution < -0.4 is 4.74 Å². The first-order valence-corrected chi connectivity index (χ1v) is 6.95. The average Bonchev–Trinajstić information content (AvgIpc) is 2.45. The Bertz CT molecular complexity index is 570. The fraction of sp³-hybridized carbons (Fsp3) is 0.278. The molecule has 0 aliphatic carbocycles. The van der Waals surface area contributed by atoms with Crippen LogP contribution in [0.3, 0.4) is 0 Å². The highest BCUT2D eigenvalue weighted by Crippen LogP contribution is 2.25. The van der Waals surface area contributed by atoms with Gasteiger partial charge in [0.15, 0.2) is 0 Å². The van der Waals surface area contributed by atoms with E-state index in [4.69, 9.17) is 9.47 Å². The van der Waals surface area contributed by atoms with Crippen LogP contribution in [-0.4, -0.2) is 11.6 Å². The number of ether oxygens (including phenoxy) is 2. The minimum atomic E-state index is -0.771. The van der Waals surface area contributed by atoms with Crippen LogP contribution in [0, 0.1) is 0 Å². The van der Waals surface area contributed by atoms with Crippen molar-refractivity contribution < 1.29 is 14.3 Å². The molecular formula is C18H20O3. The molecule has 0 amide bonds. The van der Waals surface area contributed by atoms with Crippen molar-refractivity contribution >= 4 is 5.97 Å². The van der Waals surface area contributed by atoms with E-state index >= 15 is 0 Å². The molecule has 0 radical (unpaired) electrons. The van der Waals surface area contributed by atoms with Gasteiger partial charge in [-0.05, 0) is 32.9 Å². The number of hydrogen-bond donors (Lipinski definition) is 0. The zero-order chi connectivity index (χ0) is 15.3. The first-order valence-electron chi connectivity index (χ1n) is 6.95. The van der Waals surface area contributed by atoms with Gasteiger partial charge in [-0.15, -0.1) is 0 Å². The van der Waals surface area contributed by atoms with Crippen molar-refractivity contribution in [3.8, 4) is 5.75 Å². The van der Waals surface area contributed by atoms with E-state index in [1.165, 1.54) is 0 Å². The Kier molecular flexibility index (Phi) is 4.63. The van der Waals surface area contributed by atoms with Gasteiger partial charge in [0.2, 0.25) is 6.10 Å². The third kappa shape index (κ3) is 4.63. The third-order valence-electron chi connectivity index (χ3n) is 2.72. The van der Waals surface area contributed by atoms with Crippen LogP contribution in [0.1, 0.15) is 32.4 Å². The maximum Gasteiger partial charge on any atom is 0.352 e. The van der Waals surface area contributed by atoms with Gasteiger partial charge in [-0.2, -0.15) is 0 Å². The van der Waals surface area contributed by atoms with E-state index in [0.717, 1.165) is 5.56 Å². The van der Waals surface area contributed by atoms with Crippen molar-refractivity contribution in [3.63, 3.8) is 0 Å². The highest BCUT2D eigenvalue weighted by atomic mass is 16.6. The summed E-state index contributed by atoms with van der Waals surface area (Å²) in [7, 11) is 0. The van der Waals surface area contributed by atoms with Gasteiger partial charge >= 0.3 is 5.97 Å². The lowest BCUT2D eigenvalue weighted by Gasteiger charge is -2.24. The second-order valence-corrected chi connectivity index (χ2v) is 5.76. The maximum atomic E-state index is 12.4. The molecule has 0 aliphatic heterocycles. The summed E-state index contributed by atoms with van der Waals surface area (Å²) in [6.45, 7) is 5.53. The SMILES string of the molecule is CC(C)(C)OC(=O)C(Oc1ccccc1)c1ccccc1. The molecule has 3 nitrogen and oxygen atoms in total. The van der Waals surface area contributed by atoms with Crippen molar-refractivity contribution in [3.05, 3.63) is 66.2 Å². The monoisotopic (exact) mass is 284 g/mol. The van der Waals surface area contributed by atoms with Gasteiger partial charge in [-0.25, -0.2) is 4.79 Å². The zero-order valence-corrected chi connectivity index (χ0v) is 12.6. The molecule has 2 rings (SSSR count). The number of esters is 1. The Morgan fingerprint density at radius 2 is 1.43 bits per heavy atom. The molecule has 0 aliphatic rings. The number of carbonyl (C=O) groups excluding carboxylic acids is 1. The molecule has 0 fully saturated rings. The lowest BCUT2D eigenvalue weighted by molar-refractivity contribution is -0.163. The molecular weight excluding hydrogens is 264 g/mol. The fourth-order valence-electron chi connectivity index (χ4n) is 1.87. The molecule has 3 heteroatoms. The zero-order valence-electron chi connectivity index (χ0n) is 12.6. The average molecular weight is 284 g/mol. The lowest BCUT2D eigenvalue weighted by atomic mass is 10.1. The predicted octanol–water partition coefficient (Wildman–Crippen LogP) is 4.15. The maximum absolute atomic E-state index is 12.4. The van der Waals surface area contributed by atoms with E-state index < -0.39 is 17.7 Å². The van der Waals surface area contributed by atoms with Crippen LogP contribution in [0.25, 0.3) is 0 Å². The molecule has 0 aromatic heterocycles. The molecule has 0 N–H and O–H groups in total. The summed E-state index contributed by atoms with van der Waals surface area (Å²) in [6, 6.07) is 18.6. The number of hydrogen-bond acceptors (Lipinski definition) is 3. The highest BCUT2D eigenvalue weighted by Gasteiger charge is 2.28. The molecule has 1 atom stereocenters. The van der Waals surface area contributed by atoms with Crippen LogP contribution in [0.5, 0.6) is 5.75 Å².